The molecule has 0 saturated heterocycles. The summed E-state index contributed by atoms with van der Waals surface area (Å²) in [7, 11) is 0. The second-order valence-electron chi connectivity index (χ2n) is 3.78. The fourth-order valence-electron chi connectivity index (χ4n) is 1.44. The largest absolute Gasteiger partial charge is 0.473 e. The molecule has 0 radical (unpaired) electrons. The molecule has 1 aromatic heterocycles. The second-order valence-corrected chi connectivity index (χ2v) is 4.70. The van der Waals surface area contributed by atoms with Crippen LogP contribution in [-0.4, -0.2) is 16.0 Å². The summed E-state index contributed by atoms with van der Waals surface area (Å²) in [6, 6.07) is 11.1. The molecular formula is C13H12BrN3O2. The van der Waals surface area contributed by atoms with Gasteiger partial charge < -0.3 is 15.7 Å². The van der Waals surface area contributed by atoms with Crippen molar-refractivity contribution in [3.63, 3.8) is 0 Å². The number of pyridine rings is 1. The van der Waals surface area contributed by atoms with Crippen LogP contribution in [0, 0.1) is 0 Å². The first-order valence-corrected chi connectivity index (χ1v) is 6.29. The molecule has 19 heavy (non-hydrogen) atoms. The zero-order valence-corrected chi connectivity index (χ0v) is 11.5. The molecular weight excluding hydrogens is 310 g/mol. The Morgan fingerprint density at radius 1 is 1.32 bits per heavy atom. The number of ether oxygens (including phenoxy) is 1. The maximum atomic E-state index is 8.61. The van der Waals surface area contributed by atoms with Gasteiger partial charge in [-0.25, -0.2) is 4.98 Å². The first kappa shape index (κ1) is 13.4. The van der Waals surface area contributed by atoms with Gasteiger partial charge in [-0.05, 0) is 23.8 Å². The summed E-state index contributed by atoms with van der Waals surface area (Å²) in [6.07, 6.45) is 1.55. The number of hydrogen-bond acceptors (Lipinski definition) is 4. The molecule has 1 heterocycles. The Labute approximate surface area is 118 Å². The predicted molar refractivity (Wildman–Crippen MR) is 75.2 cm³/mol. The molecule has 1 aromatic carbocycles. The lowest BCUT2D eigenvalue weighted by molar-refractivity contribution is 0.293. The second kappa shape index (κ2) is 6.19. The molecule has 2 aromatic rings. The van der Waals surface area contributed by atoms with Crippen LogP contribution >= 0.6 is 15.9 Å². The summed E-state index contributed by atoms with van der Waals surface area (Å²) in [4.78, 5) is 4.07. The molecule has 0 saturated carbocycles. The fourth-order valence-corrected chi connectivity index (χ4v) is 1.71. The van der Waals surface area contributed by atoms with Gasteiger partial charge in [0.15, 0.2) is 5.84 Å². The number of amidine groups is 1. The molecule has 0 aliphatic rings. The zero-order valence-electron chi connectivity index (χ0n) is 9.95. The number of hydrogen-bond donors (Lipinski definition) is 2. The molecule has 0 atom stereocenters. The van der Waals surface area contributed by atoms with E-state index in [4.69, 9.17) is 15.7 Å². The quantitative estimate of drug-likeness (QED) is 0.392. The Balaban J connectivity index is 2.05. The molecule has 98 valence electrons. The highest BCUT2D eigenvalue weighted by Crippen LogP contribution is 2.14. The molecule has 6 heteroatoms. The van der Waals surface area contributed by atoms with E-state index in [0.29, 0.717) is 18.1 Å². The van der Waals surface area contributed by atoms with Crippen LogP contribution in [0.4, 0.5) is 0 Å². The molecule has 0 aliphatic heterocycles. The molecule has 3 N–H and O–H groups in total. The van der Waals surface area contributed by atoms with E-state index >= 15 is 0 Å². The standard InChI is InChI=1S/C13H12BrN3O2/c14-11-3-1-9(2-4-11)8-19-12-7-10(5-6-16-12)13(15)17-18/h1-7,18H,8H2,(H2,15,17). The van der Waals surface area contributed by atoms with E-state index in [-0.39, 0.29) is 5.84 Å². The van der Waals surface area contributed by atoms with E-state index in [0.717, 1.165) is 10.0 Å². The Morgan fingerprint density at radius 2 is 2.05 bits per heavy atom. The summed E-state index contributed by atoms with van der Waals surface area (Å²) in [5.41, 5.74) is 7.08. The van der Waals surface area contributed by atoms with Crippen molar-refractivity contribution in [2.45, 2.75) is 6.61 Å². The Morgan fingerprint density at radius 3 is 2.74 bits per heavy atom. The highest BCUT2D eigenvalue weighted by molar-refractivity contribution is 9.10. The van der Waals surface area contributed by atoms with Crippen molar-refractivity contribution < 1.29 is 9.94 Å². The van der Waals surface area contributed by atoms with E-state index in [2.05, 4.69) is 26.1 Å². The van der Waals surface area contributed by atoms with Gasteiger partial charge >= 0.3 is 0 Å². The van der Waals surface area contributed by atoms with E-state index in [9.17, 15) is 0 Å². The lowest BCUT2D eigenvalue weighted by Gasteiger charge is -2.06. The predicted octanol–water partition coefficient (Wildman–Crippen LogP) is 2.52. The highest BCUT2D eigenvalue weighted by atomic mass is 79.9. The topological polar surface area (TPSA) is 80.7 Å². The van der Waals surface area contributed by atoms with Gasteiger partial charge in [-0.2, -0.15) is 0 Å². The van der Waals surface area contributed by atoms with Crippen LogP contribution in [0.5, 0.6) is 5.88 Å². The average Bonchev–Trinajstić information content (AvgIpc) is 2.46. The number of benzene rings is 1. The lowest BCUT2D eigenvalue weighted by atomic mass is 10.2. The van der Waals surface area contributed by atoms with Crippen LogP contribution in [0.3, 0.4) is 0 Å². The first-order valence-electron chi connectivity index (χ1n) is 5.50. The van der Waals surface area contributed by atoms with Gasteiger partial charge in [0.2, 0.25) is 5.88 Å². The van der Waals surface area contributed by atoms with Crippen LogP contribution in [0.2, 0.25) is 0 Å². The molecule has 0 amide bonds. The van der Waals surface area contributed by atoms with Crippen LogP contribution in [0.1, 0.15) is 11.1 Å². The fraction of sp³-hybridized carbons (Fsp3) is 0.0769. The van der Waals surface area contributed by atoms with Crippen LogP contribution < -0.4 is 10.5 Å². The molecule has 0 aliphatic carbocycles. The lowest BCUT2D eigenvalue weighted by Crippen LogP contribution is -2.13. The normalized spacial score (nSPS) is 11.3. The zero-order chi connectivity index (χ0) is 13.7. The van der Waals surface area contributed by atoms with E-state index in [1.165, 1.54) is 0 Å². The third-order valence-electron chi connectivity index (χ3n) is 2.44. The number of oxime groups is 1. The Kier molecular flexibility index (Phi) is 4.35. The minimum Gasteiger partial charge on any atom is -0.473 e. The van der Waals surface area contributed by atoms with Crippen molar-refractivity contribution in [2.24, 2.45) is 10.9 Å². The van der Waals surface area contributed by atoms with Gasteiger partial charge in [-0.1, -0.05) is 33.2 Å². The van der Waals surface area contributed by atoms with Gasteiger partial charge in [0.05, 0.1) is 0 Å². The van der Waals surface area contributed by atoms with Crippen LogP contribution in [0.25, 0.3) is 0 Å². The summed E-state index contributed by atoms with van der Waals surface area (Å²) in [5.74, 6) is 0.447. The van der Waals surface area contributed by atoms with Crippen molar-refractivity contribution in [2.75, 3.05) is 0 Å². The number of nitrogens with two attached hydrogens (primary N) is 1. The first-order chi connectivity index (χ1) is 9.19. The monoisotopic (exact) mass is 321 g/mol. The smallest absolute Gasteiger partial charge is 0.214 e. The van der Waals surface area contributed by atoms with Crippen molar-refractivity contribution in [3.05, 3.63) is 58.2 Å². The molecule has 0 fully saturated rings. The van der Waals surface area contributed by atoms with Crippen molar-refractivity contribution in [3.8, 4) is 5.88 Å². The Hall–Kier alpha value is -2.08. The van der Waals surface area contributed by atoms with Gasteiger partial charge in [0.1, 0.15) is 6.61 Å². The molecule has 5 nitrogen and oxygen atoms in total. The number of aromatic nitrogens is 1. The summed E-state index contributed by atoms with van der Waals surface area (Å²) >= 11 is 3.37. The van der Waals surface area contributed by atoms with Gasteiger partial charge in [-0.3, -0.25) is 0 Å². The maximum Gasteiger partial charge on any atom is 0.214 e. The minimum atomic E-state index is 0.0240. The van der Waals surface area contributed by atoms with E-state index < -0.39 is 0 Å². The van der Waals surface area contributed by atoms with Crippen molar-refractivity contribution in [1.29, 1.82) is 0 Å². The average molecular weight is 322 g/mol. The van der Waals surface area contributed by atoms with Crippen LogP contribution in [-0.2, 0) is 6.61 Å². The SMILES string of the molecule is N/C(=N/O)c1ccnc(OCc2ccc(Br)cc2)c1. The maximum absolute atomic E-state index is 8.61. The minimum absolute atomic E-state index is 0.0240. The number of halogens is 1. The summed E-state index contributed by atoms with van der Waals surface area (Å²) in [5, 5.41) is 11.5. The third-order valence-corrected chi connectivity index (χ3v) is 2.97. The molecule has 0 bridgehead atoms. The molecule has 0 unspecified atom stereocenters. The van der Waals surface area contributed by atoms with Crippen LogP contribution in [0.15, 0.2) is 52.2 Å². The third kappa shape index (κ3) is 3.69. The van der Waals surface area contributed by atoms with E-state index in [1.807, 2.05) is 24.3 Å². The Bertz CT molecular complexity index is 585. The summed E-state index contributed by atoms with van der Waals surface area (Å²) < 4.78 is 6.57. The highest BCUT2D eigenvalue weighted by Gasteiger charge is 2.03. The molecule has 0 spiro atoms. The van der Waals surface area contributed by atoms with E-state index in [1.54, 1.807) is 18.3 Å². The summed E-state index contributed by atoms with van der Waals surface area (Å²) in [6.45, 7) is 0.403. The van der Waals surface area contributed by atoms with Gasteiger partial charge in [0.25, 0.3) is 0 Å². The number of nitrogens with zero attached hydrogens (tertiary/aromatic N) is 2. The van der Waals surface area contributed by atoms with Crippen molar-refractivity contribution in [1.82, 2.24) is 4.98 Å². The van der Waals surface area contributed by atoms with Crippen molar-refractivity contribution >= 4 is 21.8 Å². The number of rotatable bonds is 4. The van der Waals surface area contributed by atoms with Gasteiger partial charge in [0, 0.05) is 22.3 Å². The van der Waals surface area contributed by atoms with Gasteiger partial charge in [-0.15, -0.1) is 0 Å². The molecule has 2 rings (SSSR count).